The first-order chi connectivity index (χ1) is 12.2. The zero-order chi connectivity index (χ0) is 17.0. The largest absolute Gasteiger partial charge is 0.368 e. The molecule has 8 heteroatoms. The number of hydrogen-bond donors (Lipinski definition) is 3. The van der Waals surface area contributed by atoms with Crippen molar-refractivity contribution in [3.63, 3.8) is 0 Å². The minimum atomic E-state index is -1.06. The number of nitrogens with one attached hydrogen (secondary N) is 2. The Morgan fingerprint density at radius 2 is 2.12 bits per heavy atom. The van der Waals surface area contributed by atoms with Crippen LogP contribution < -0.4 is 15.5 Å². The second kappa shape index (κ2) is 5.45. The Hall–Kier alpha value is -2.61. The molecule has 2 aromatic rings. The average Bonchev–Trinajstić information content (AvgIpc) is 3.14. The molecule has 3 aliphatic rings. The van der Waals surface area contributed by atoms with Crippen LogP contribution in [0.1, 0.15) is 25.0 Å². The lowest BCUT2D eigenvalue weighted by Crippen LogP contribution is -2.47. The first kappa shape index (κ1) is 14.7. The van der Waals surface area contributed by atoms with E-state index in [0.717, 1.165) is 36.3 Å². The molecule has 1 saturated heterocycles. The van der Waals surface area contributed by atoms with E-state index in [1.165, 1.54) is 25.5 Å². The third-order valence-corrected chi connectivity index (χ3v) is 5.37. The van der Waals surface area contributed by atoms with Crippen LogP contribution in [0.5, 0.6) is 0 Å². The second-order valence-corrected chi connectivity index (χ2v) is 7.04. The molecular weight excluding hydrogens is 320 g/mol. The molecule has 130 valence electrons. The summed E-state index contributed by atoms with van der Waals surface area (Å²) in [5.41, 5.74) is 2.79. The Bertz CT molecular complexity index is 871. The Balaban J connectivity index is 1.54. The van der Waals surface area contributed by atoms with Crippen LogP contribution in [0.2, 0.25) is 0 Å². The number of aromatic nitrogens is 3. The maximum atomic E-state index is 12.2. The summed E-state index contributed by atoms with van der Waals surface area (Å²) in [6.45, 7) is 2.05. The maximum Gasteiger partial charge on any atom is 0.258 e. The summed E-state index contributed by atoms with van der Waals surface area (Å²) in [6, 6.07) is 1.93. The van der Waals surface area contributed by atoms with Crippen molar-refractivity contribution < 1.29 is 9.90 Å². The minimum absolute atomic E-state index is 0.346. The first-order valence-electron chi connectivity index (χ1n) is 8.74. The monoisotopic (exact) mass is 340 g/mol. The molecule has 3 N–H and O–H groups in total. The molecule has 0 bridgehead atoms. The standard InChI is InChI=1S/C17H20N6O2/c24-16-12(8-19-17(25)20-16)13-7-14(15-18-4-6-23(15)21-13)22-5-3-11(9-22)10-1-2-10/h4,6-8,10-11,17,19,25H,1-3,5,9H2,(H,20,24). The van der Waals surface area contributed by atoms with Crippen molar-refractivity contribution in [2.24, 2.45) is 11.8 Å². The molecule has 1 aliphatic carbocycles. The molecule has 2 aromatic heterocycles. The summed E-state index contributed by atoms with van der Waals surface area (Å²) in [4.78, 5) is 19.0. The third-order valence-electron chi connectivity index (χ3n) is 5.37. The number of fused-ring (bicyclic) bond motifs is 1. The molecule has 1 saturated carbocycles. The first-order valence-corrected chi connectivity index (χ1v) is 8.74. The third kappa shape index (κ3) is 2.53. The van der Waals surface area contributed by atoms with Gasteiger partial charge in [0.2, 0.25) is 6.35 Å². The fourth-order valence-electron chi connectivity index (χ4n) is 3.88. The van der Waals surface area contributed by atoms with Crippen molar-refractivity contribution >= 4 is 22.8 Å². The second-order valence-electron chi connectivity index (χ2n) is 7.04. The van der Waals surface area contributed by atoms with Crippen LogP contribution in [-0.2, 0) is 4.79 Å². The number of anilines is 1. The number of amides is 1. The van der Waals surface area contributed by atoms with Crippen molar-refractivity contribution in [3.05, 3.63) is 30.4 Å². The summed E-state index contributed by atoms with van der Waals surface area (Å²) >= 11 is 0. The van der Waals surface area contributed by atoms with Crippen molar-refractivity contribution in [2.45, 2.75) is 25.6 Å². The molecule has 25 heavy (non-hydrogen) atoms. The van der Waals surface area contributed by atoms with Crippen LogP contribution in [0.15, 0.2) is 24.7 Å². The molecule has 1 amide bonds. The van der Waals surface area contributed by atoms with E-state index >= 15 is 0 Å². The summed E-state index contributed by atoms with van der Waals surface area (Å²) in [5, 5.41) is 19.1. The van der Waals surface area contributed by atoms with Gasteiger partial charge in [0.1, 0.15) is 5.69 Å². The fraction of sp³-hybridized carbons (Fsp3) is 0.471. The highest BCUT2D eigenvalue weighted by Crippen LogP contribution is 2.42. The van der Waals surface area contributed by atoms with E-state index in [9.17, 15) is 9.90 Å². The molecule has 2 atom stereocenters. The van der Waals surface area contributed by atoms with Crippen LogP contribution in [0, 0.1) is 11.8 Å². The number of aliphatic hydroxyl groups is 1. The van der Waals surface area contributed by atoms with Gasteiger partial charge in [-0.1, -0.05) is 0 Å². The number of aliphatic hydroxyl groups excluding tert-OH is 1. The Kier molecular flexibility index (Phi) is 3.21. The highest BCUT2D eigenvalue weighted by Gasteiger charge is 2.36. The highest BCUT2D eigenvalue weighted by atomic mass is 16.3. The predicted octanol–water partition coefficient (Wildman–Crippen LogP) is 0.302. The number of rotatable bonds is 3. The van der Waals surface area contributed by atoms with E-state index in [0.29, 0.717) is 11.3 Å². The van der Waals surface area contributed by atoms with Gasteiger partial charge in [0.15, 0.2) is 5.65 Å². The van der Waals surface area contributed by atoms with Crippen molar-refractivity contribution in [1.82, 2.24) is 25.2 Å². The van der Waals surface area contributed by atoms with E-state index in [1.807, 2.05) is 6.07 Å². The van der Waals surface area contributed by atoms with Gasteiger partial charge in [0, 0.05) is 31.7 Å². The average molecular weight is 340 g/mol. The quantitative estimate of drug-likeness (QED) is 0.744. The molecule has 0 radical (unpaired) electrons. The zero-order valence-corrected chi connectivity index (χ0v) is 13.7. The van der Waals surface area contributed by atoms with Crippen LogP contribution in [0.25, 0.3) is 11.2 Å². The molecule has 5 rings (SSSR count). The normalized spacial score (nSPS) is 26.5. The van der Waals surface area contributed by atoms with E-state index in [4.69, 9.17) is 0 Å². The predicted molar refractivity (Wildman–Crippen MR) is 91.3 cm³/mol. The van der Waals surface area contributed by atoms with Gasteiger partial charge in [-0.2, -0.15) is 5.10 Å². The van der Waals surface area contributed by atoms with E-state index in [-0.39, 0.29) is 5.91 Å². The lowest BCUT2D eigenvalue weighted by Gasteiger charge is -2.23. The van der Waals surface area contributed by atoms with Crippen LogP contribution in [0.4, 0.5) is 5.69 Å². The molecule has 0 aromatic carbocycles. The van der Waals surface area contributed by atoms with Crippen molar-refractivity contribution in [1.29, 1.82) is 0 Å². The molecule has 0 spiro atoms. The van der Waals surface area contributed by atoms with Gasteiger partial charge < -0.3 is 20.6 Å². The number of nitrogens with zero attached hydrogens (tertiary/aromatic N) is 4. The summed E-state index contributed by atoms with van der Waals surface area (Å²) in [6.07, 6.45) is 7.90. The molecule has 2 unspecified atom stereocenters. The van der Waals surface area contributed by atoms with Crippen LogP contribution in [-0.4, -0.2) is 45.1 Å². The Morgan fingerprint density at radius 1 is 1.24 bits per heavy atom. The van der Waals surface area contributed by atoms with Gasteiger partial charge in [-0.05, 0) is 37.2 Å². The summed E-state index contributed by atoms with van der Waals surface area (Å²) in [5.74, 6) is 1.31. The highest BCUT2D eigenvalue weighted by molar-refractivity contribution is 6.19. The molecular formula is C17H20N6O2. The maximum absolute atomic E-state index is 12.2. The van der Waals surface area contributed by atoms with Gasteiger partial charge in [0.25, 0.3) is 5.91 Å². The SMILES string of the molecule is O=C1NC(O)NC=C1c1cc(N2CCC(C3CC3)C2)c2nccn2n1. The summed E-state index contributed by atoms with van der Waals surface area (Å²) in [7, 11) is 0. The smallest absolute Gasteiger partial charge is 0.258 e. The Morgan fingerprint density at radius 3 is 2.92 bits per heavy atom. The van der Waals surface area contributed by atoms with Crippen LogP contribution in [0.3, 0.4) is 0 Å². The topological polar surface area (TPSA) is 94.8 Å². The number of hydrogen-bond acceptors (Lipinski definition) is 6. The number of carbonyl (C=O) groups is 1. The fourth-order valence-corrected chi connectivity index (χ4v) is 3.88. The number of carbonyl (C=O) groups excluding carboxylic acids is 1. The van der Waals surface area contributed by atoms with Gasteiger partial charge in [0.05, 0.1) is 11.3 Å². The molecule has 2 fully saturated rings. The molecule has 8 nitrogen and oxygen atoms in total. The molecule has 2 aliphatic heterocycles. The van der Waals surface area contributed by atoms with Crippen molar-refractivity contribution in [3.8, 4) is 0 Å². The lowest BCUT2D eigenvalue weighted by molar-refractivity contribution is -0.119. The van der Waals surface area contributed by atoms with E-state index in [1.54, 1.807) is 16.9 Å². The zero-order valence-electron chi connectivity index (χ0n) is 13.7. The molecule has 4 heterocycles. The minimum Gasteiger partial charge on any atom is -0.368 e. The van der Waals surface area contributed by atoms with Crippen LogP contribution >= 0.6 is 0 Å². The lowest BCUT2D eigenvalue weighted by atomic mass is 10.0. The van der Waals surface area contributed by atoms with Gasteiger partial charge in [-0.3, -0.25) is 4.79 Å². The number of imidazole rings is 1. The van der Waals surface area contributed by atoms with Gasteiger partial charge in [-0.25, -0.2) is 9.50 Å². The van der Waals surface area contributed by atoms with E-state index in [2.05, 4.69) is 25.6 Å². The summed E-state index contributed by atoms with van der Waals surface area (Å²) < 4.78 is 1.72. The van der Waals surface area contributed by atoms with E-state index < -0.39 is 6.35 Å². The van der Waals surface area contributed by atoms with Gasteiger partial charge >= 0.3 is 0 Å². The Labute approximate surface area is 144 Å². The van der Waals surface area contributed by atoms with Crippen molar-refractivity contribution in [2.75, 3.05) is 18.0 Å². The van der Waals surface area contributed by atoms with Gasteiger partial charge in [-0.15, -0.1) is 0 Å².